The van der Waals surface area contributed by atoms with E-state index in [0.29, 0.717) is 44.3 Å². The molecule has 0 amide bonds. The van der Waals surface area contributed by atoms with Crippen molar-refractivity contribution in [2.24, 2.45) is 0 Å². The number of carbonyl (C=O) groups excluding carboxylic acids is 1. The number of hydrogen-bond acceptors (Lipinski definition) is 9. The Morgan fingerprint density at radius 1 is 1.09 bits per heavy atom. The first-order chi connectivity index (χ1) is 16.3. The van der Waals surface area contributed by atoms with Crippen molar-refractivity contribution in [1.82, 2.24) is 0 Å². The van der Waals surface area contributed by atoms with Gasteiger partial charge < -0.3 is 28.8 Å². The number of rotatable bonds is 8. The zero-order valence-corrected chi connectivity index (χ0v) is 21.2. The lowest BCUT2D eigenvalue weighted by Crippen LogP contribution is -2.40. The van der Waals surface area contributed by atoms with Crippen LogP contribution in [0.15, 0.2) is 57.4 Å². The monoisotopic (exact) mass is 549 g/mol. The lowest BCUT2D eigenvalue weighted by atomic mass is 10.0. The van der Waals surface area contributed by atoms with Gasteiger partial charge in [0.2, 0.25) is 5.78 Å². The molecule has 8 nitrogen and oxygen atoms in total. The predicted octanol–water partition coefficient (Wildman–Crippen LogP) is 4.79. The van der Waals surface area contributed by atoms with Gasteiger partial charge in [-0.05, 0) is 69.8 Å². The minimum atomic E-state index is -1.90. The molecule has 0 radical (unpaired) electrons. The summed E-state index contributed by atoms with van der Waals surface area (Å²) >= 11 is 4.77. The fourth-order valence-electron chi connectivity index (χ4n) is 3.71. The molecule has 180 valence electrons. The molecule has 1 saturated heterocycles. The van der Waals surface area contributed by atoms with E-state index >= 15 is 0 Å². The number of nitrogens with zero attached hydrogens (tertiary/aromatic N) is 1. The zero-order chi connectivity index (χ0) is 24.5. The quantitative estimate of drug-likeness (QED) is 0.233. The molecule has 1 atom stereocenters. The molecule has 1 aliphatic heterocycles. The maximum atomic E-state index is 13.2. The van der Waals surface area contributed by atoms with Crippen LogP contribution in [-0.4, -0.2) is 49.0 Å². The normalized spacial score (nSPS) is 15.9. The van der Waals surface area contributed by atoms with Crippen molar-refractivity contribution < 1.29 is 33.6 Å². The van der Waals surface area contributed by atoms with Gasteiger partial charge in [0.25, 0.3) is 5.91 Å². The first-order valence-electron chi connectivity index (χ1n) is 10.4. The van der Waals surface area contributed by atoms with Crippen molar-refractivity contribution in [2.75, 3.05) is 31.4 Å². The van der Waals surface area contributed by atoms with Crippen LogP contribution >= 0.6 is 27.9 Å². The third-order valence-corrected chi connectivity index (χ3v) is 7.40. The average Bonchev–Trinajstić information content (AvgIpc) is 3.46. The maximum Gasteiger partial charge on any atom is 0.257 e. The lowest BCUT2D eigenvalue weighted by Gasteiger charge is -2.28. The summed E-state index contributed by atoms with van der Waals surface area (Å²) in [6, 6.07) is 13.8. The second-order valence-corrected chi connectivity index (χ2v) is 9.41. The van der Waals surface area contributed by atoms with Crippen LogP contribution in [-0.2, 0) is 4.74 Å². The number of furan rings is 1. The van der Waals surface area contributed by atoms with E-state index in [-0.39, 0.29) is 18.0 Å². The SMILES string of the molecule is COc1cc(-c2ccc(C(=O)C(OC)c3ccc(N4SCCC4(O)O)cc3)o2)cc(OC)c1Br. The van der Waals surface area contributed by atoms with Gasteiger partial charge in [-0.1, -0.05) is 12.1 Å². The van der Waals surface area contributed by atoms with Gasteiger partial charge in [0, 0.05) is 24.8 Å². The van der Waals surface area contributed by atoms with E-state index in [4.69, 9.17) is 18.6 Å². The van der Waals surface area contributed by atoms with Crippen molar-refractivity contribution in [2.45, 2.75) is 18.4 Å². The van der Waals surface area contributed by atoms with Gasteiger partial charge in [0.15, 0.2) is 5.76 Å². The van der Waals surface area contributed by atoms with Crippen molar-refractivity contribution in [3.63, 3.8) is 0 Å². The standard InChI is InChI=1S/C24H24BrNO7S/c1-30-19-12-15(13-20(31-2)21(19)25)17-8-9-18(33-17)22(27)23(32-3)14-4-6-16(7-5-14)26-24(28,29)10-11-34-26/h4-9,12-13,23,28-29H,10-11H2,1-3H3. The first kappa shape index (κ1) is 24.6. The molecule has 4 rings (SSSR count). The Kier molecular flexibility index (Phi) is 7.25. The second kappa shape index (κ2) is 10.0. The second-order valence-electron chi connectivity index (χ2n) is 7.58. The molecule has 1 unspecified atom stereocenters. The number of carbonyl (C=O) groups is 1. The van der Waals surface area contributed by atoms with E-state index in [0.717, 1.165) is 0 Å². The molecule has 0 bridgehead atoms. The highest BCUT2D eigenvalue weighted by atomic mass is 79.9. The summed E-state index contributed by atoms with van der Waals surface area (Å²) in [6.07, 6.45) is -0.642. The van der Waals surface area contributed by atoms with Crippen molar-refractivity contribution >= 4 is 39.3 Å². The van der Waals surface area contributed by atoms with Gasteiger partial charge in [-0.3, -0.25) is 9.10 Å². The van der Waals surface area contributed by atoms with Crippen molar-refractivity contribution in [3.8, 4) is 22.8 Å². The summed E-state index contributed by atoms with van der Waals surface area (Å²) < 4.78 is 24.3. The molecule has 1 aromatic heterocycles. The number of ketones is 1. The number of Topliss-reactive ketones (excluding diaryl/α,β-unsaturated/α-hetero) is 1. The van der Waals surface area contributed by atoms with Crippen LogP contribution in [0.3, 0.4) is 0 Å². The predicted molar refractivity (Wildman–Crippen MR) is 132 cm³/mol. The third-order valence-electron chi connectivity index (χ3n) is 5.47. The molecule has 2 N–H and O–H groups in total. The molecule has 0 saturated carbocycles. The minimum absolute atomic E-state index is 0.145. The summed E-state index contributed by atoms with van der Waals surface area (Å²) in [5, 5.41) is 20.2. The highest BCUT2D eigenvalue weighted by Gasteiger charge is 2.38. The molecule has 10 heteroatoms. The van der Waals surface area contributed by atoms with Crippen LogP contribution in [0.4, 0.5) is 5.69 Å². The van der Waals surface area contributed by atoms with Crippen LogP contribution in [0.25, 0.3) is 11.3 Å². The van der Waals surface area contributed by atoms with Crippen LogP contribution in [0, 0.1) is 0 Å². The smallest absolute Gasteiger partial charge is 0.257 e. The van der Waals surface area contributed by atoms with Gasteiger partial charge in [-0.15, -0.1) is 0 Å². The molecule has 0 aliphatic carbocycles. The van der Waals surface area contributed by atoms with Crippen molar-refractivity contribution in [3.05, 3.63) is 64.3 Å². The summed E-state index contributed by atoms with van der Waals surface area (Å²) in [7, 11) is 4.56. The number of benzene rings is 2. The molecular formula is C24H24BrNO7S. The van der Waals surface area contributed by atoms with E-state index in [1.807, 2.05) is 0 Å². The van der Waals surface area contributed by atoms with E-state index in [2.05, 4.69) is 15.9 Å². The topological polar surface area (TPSA) is 102 Å². The first-order valence-corrected chi connectivity index (χ1v) is 12.1. The zero-order valence-electron chi connectivity index (χ0n) is 18.8. The van der Waals surface area contributed by atoms with Crippen molar-refractivity contribution in [1.29, 1.82) is 0 Å². The average molecular weight is 550 g/mol. The molecule has 2 aromatic carbocycles. The number of halogens is 1. The molecular weight excluding hydrogens is 526 g/mol. The summed E-state index contributed by atoms with van der Waals surface area (Å²) in [5.41, 5.74) is 1.93. The number of anilines is 1. The van der Waals surface area contributed by atoms with Crippen LogP contribution in [0.2, 0.25) is 0 Å². The van der Waals surface area contributed by atoms with Gasteiger partial charge in [-0.2, -0.15) is 0 Å². The molecule has 0 spiro atoms. The maximum absolute atomic E-state index is 13.2. The fraction of sp³-hybridized carbons (Fsp3) is 0.292. The molecule has 3 aromatic rings. The van der Waals surface area contributed by atoms with Gasteiger partial charge in [-0.25, -0.2) is 0 Å². The van der Waals surface area contributed by atoms with E-state index in [9.17, 15) is 15.0 Å². The van der Waals surface area contributed by atoms with Crippen LogP contribution < -0.4 is 13.8 Å². The molecule has 1 aliphatic rings. The number of hydrogen-bond donors (Lipinski definition) is 2. The Balaban J connectivity index is 1.57. The van der Waals surface area contributed by atoms with Gasteiger partial charge in [0.05, 0.1) is 19.9 Å². The molecule has 34 heavy (non-hydrogen) atoms. The number of methoxy groups -OCH3 is 3. The number of aliphatic hydroxyl groups is 2. The fourth-order valence-corrected chi connectivity index (χ4v) is 5.37. The lowest BCUT2D eigenvalue weighted by molar-refractivity contribution is -0.143. The summed E-state index contributed by atoms with van der Waals surface area (Å²) in [5.74, 6) is 0.124. The minimum Gasteiger partial charge on any atom is -0.495 e. The van der Waals surface area contributed by atoms with Crippen LogP contribution in [0.1, 0.15) is 28.6 Å². The molecule has 2 heterocycles. The van der Waals surface area contributed by atoms with Gasteiger partial charge in [0.1, 0.15) is 27.8 Å². The summed E-state index contributed by atoms with van der Waals surface area (Å²) in [6.45, 7) is 0. The Bertz CT molecular complexity index is 1150. The Labute approximate surface area is 209 Å². The summed E-state index contributed by atoms with van der Waals surface area (Å²) in [4.78, 5) is 13.2. The number of ether oxygens (including phenoxy) is 3. The largest absolute Gasteiger partial charge is 0.495 e. The molecule has 1 fully saturated rings. The van der Waals surface area contributed by atoms with Crippen LogP contribution in [0.5, 0.6) is 11.5 Å². The highest BCUT2D eigenvalue weighted by molar-refractivity contribution is 9.10. The van der Waals surface area contributed by atoms with E-state index in [1.54, 1.807) is 62.8 Å². The Morgan fingerprint density at radius 3 is 2.26 bits per heavy atom. The van der Waals surface area contributed by atoms with Gasteiger partial charge >= 0.3 is 0 Å². The Morgan fingerprint density at radius 2 is 1.74 bits per heavy atom. The van der Waals surface area contributed by atoms with E-state index in [1.165, 1.54) is 23.4 Å². The highest BCUT2D eigenvalue weighted by Crippen LogP contribution is 2.40. The van der Waals surface area contributed by atoms with E-state index < -0.39 is 12.0 Å². The Hall–Kier alpha value is -2.50. The third kappa shape index (κ3) is 4.69.